The third-order valence-electron chi connectivity index (χ3n) is 0.998. The molecule has 0 radical (unpaired) electrons. The predicted molar refractivity (Wildman–Crippen MR) is 35.7 cm³/mol. The van der Waals surface area contributed by atoms with Gasteiger partial charge in [0.25, 0.3) is 0 Å². The van der Waals surface area contributed by atoms with Crippen molar-refractivity contribution in [2.45, 2.75) is 0 Å². The molecule has 1 N–H and O–H groups in total. The zero-order chi connectivity index (χ0) is 8.27. The van der Waals surface area contributed by atoms with Gasteiger partial charge in [-0.1, -0.05) is 0 Å². The molecule has 0 fully saturated rings. The van der Waals surface area contributed by atoms with E-state index in [0.717, 1.165) is 6.07 Å². The molecule has 11 heavy (non-hydrogen) atoms. The molecular formula is C6H5FO3Se. The minimum absolute atomic E-state index is 0.185. The Morgan fingerprint density at radius 2 is 2.09 bits per heavy atom. The van der Waals surface area contributed by atoms with Crippen molar-refractivity contribution in [2.24, 2.45) is 0 Å². The van der Waals surface area contributed by atoms with Gasteiger partial charge in [0.1, 0.15) is 0 Å². The fraction of sp³-hybridized carbons (Fsp3) is 0. The molecule has 5 heteroatoms. The molecule has 1 unspecified atom stereocenters. The number of hydrogen-bond acceptors (Lipinski definition) is 2. The van der Waals surface area contributed by atoms with Crippen molar-refractivity contribution in [3.05, 3.63) is 30.1 Å². The van der Waals surface area contributed by atoms with Gasteiger partial charge in [0, 0.05) is 0 Å². The molecule has 0 bridgehead atoms. The van der Waals surface area contributed by atoms with Gasteiger partial charge in [-0.25, -0.2) is 0 Å². The Hall–Kier alpha value is -0.771. The minimum atomic E-state index is -3.30. The fourth-order valence-electron chi connectivity index (χ4n) is 0.589. The maximum atomic E-state index is 12.6. The van der Waals surface area contributed by atoms with Crippen molar-refractivity contribution >= 4 is 14.5 Å². The summed E-state index contributed by atoms with van der Waals surface area (Å²) in [7, 11) is 0. The van der Waals surface area contributed by atoms with E-state index in [-0.39, 0.29) is 5.75 Å². The van der Waals surface area contributed by atoms with Crippen molar-refractivity contribution in [3.63, 3.8) is 0 Å². The van der Waals surface area contributed by atoms with E-state index in [0.29, 0.717) is 0 Å². The molecule has 3 nitrogen and oxygen atoms in total. The van der Waals surface area contributed by atoms with Gasteiger partial charge in [0.05, 0.1) is 0 Å². The van der Waals surface area contributed by atoms with E-state index in [4.69, 9.17) is 4.19 Å². The average molecular weight is 223 g/mol. The van der Waals surface area contributed by atoms with Crippen LogP contribution in [0.4, 0.5) is 4.39 Å². The molecule has 1 atom stereocenters. The number of benzene rings is 1. The Bertz CT molecular complexity index is 276. The topological polar surface area (TPSA) is 46.5 Å². The quantitative estimate of drug-likeness (QED) is 0.747. The van der Waals surface area contributed by atoms with Gasteiger partial charge in [0.2, 0.25) is 0 Å². The molecule has 1 rings (SSSR count). The summed E-state index contributed by atoms with van der Waals surface area (Å²) >= 11 is -3.30. The standard InChI is InChI=1S/C6H5FO3Se/c7-5-3-1-2-4-6(5)10-11(8)9/h1-4H,(H,8,9). The number of hydrogen-bond donors (Lipinski definition) is 1. The van der Waals surface area contributed by atoms with Gasteiger partial charge < -0.3 is 0 Å². The van der Waals surface area contributed by atoms with E-state index in [1.165, 1.54) is 18.2 Å². The van der Waals surface area contributed by atoms with Crippen molar-refractivity contribution < 1.29 is 16.2 Å². The second-order valence-electron chi connectivity index (χ2n) is 1.73. The summed E-state index contributed by atoms with van der Waals surface area (Å²) in [4.78, 5) is 0. The second kappa shape index (κ2) is 3.57. The third kappa shape index (κ3) is 2.38. The monoisotopic (exact) mass is 224 g/mol. The Labute approximate surface area is 67.2 Å². The number of rotatable bonds is 2. The average Bonchev–Trinajstić information content (AvgIpc) is 1.93. The van der Waals surface area contributed by atoms with Gasteiger partial charge >= 0.3 is 66.6 Å². The molecule has 0 saturated heterocycles. The van der Waals surface area contributed by atoms with Crippen molar-refractivity contribution in [3.8, 4) is 5.75 Å². The molecule has 0 saturated carbocycles. The molecule has 0 aromatic heterocycles. The zero-order valence-electron chi connectivity index (χ0n) is 5.36. The molecule has 1 aromatic carbocycles. The number of halogens is 1. The van der Waals surface area contributed by atoms with E-state index >= 15 is 0 Å². The van der Waals surface area contributed by atoms with E-state index in [9.17, 15) is 8.23 Å². The summed E-state index contributed by atoms with van der Waals surface area (Å²) in [6.45, 7) is 0. The Kier molecular flexibility index (Phi) is 2.70. The summed E-state index contributed by atoms with van der Waals surface area (Å²) < 4.78 is 35.3. The number of para-hydroxylation sites is 1. The van der Waals surface area contributed by atoms with Gasteiger partial charge in [-0.05, 0) is 0 Å². The summed E-state index contributed by atoms with van der Waals surface area (Å²) in [5.74, 6) is -0.818. The maximum absolute atomic E-state index is 12.6. The molecule has 0 aliphatic heterocycles. The summed E-state index contributed by atoms with van der Waals surface area (Å²) in [6, 6.07) is 5.44. The first-order valence-corrected chi connectivity index (χ1v) is 4.90. The summed E-state index contributed by atoms with van der Waals surface area (Å²) in [5.41, 5.74) is 0. The molecular weight excluding hydrogens is 218 g/mol. The SMILES string of the molecule is O=[Se](O)Oc1ccccc1F. The van der Waals surface area contributed by atoms with Crippen LogP contribution in [-0.4, -0.2) is 18.7 Å². The van der Waals surface area contributed by atoms with E-state index in [1.807, 2.05) is 0 Å². The van der Waals surface area contributed by atoms with Crippen molar-refractivity contribution in [2.75, 3.05) is 0 Å². The predicted octanol–water partition coefficient (Wildman–Crippen LogP) is 0.612. The zero-order valence-corrected chi connectivity index (χ0v) is 7.07. The van der Waals surface area contributed by atoms with E-state index in [2.05, 4.69) is 3.82 Å². The van der Waals surface area contributed by atoms with Crippen LogP contribution in [0.15, 0.2) is 24.3 Å². The van der Waals surface area contributed by atoms with Crippen LogP contribution in [-0.2, 0) is 3.83 Å². The molecule has 1 aromatic rings. The van der Waals surface area contributed by atoms with Crippen molar-refractivity contribution in [1.82, 2.24) is 0 Å². The van der Waals surface area contributed by atoms with Crippen LogP contribution in [0.1, 0.15) is 0 Å². The van der Waals surface area contributed by atoms with Crippen LogP contribution in [0.2, 0.25) is 0 Å². The summed E-state index contributed by atoms with van der Waals surface area (Å²) in [6.07, 6.45) is 0. The molecule has 0 spiro atoms. The van der Waals surface area contributed by atoms with E-state index in [1.54, 1.807) is 0 Å². The molecule has 0 amide bonds. The Balaban J connectivity index is 2.86. The summed E-state index contributed by atoms with van der Waals surface area (Å²) in [5, 5.41) is 0. The van der Waals surface area contributed by atoms with Gasteiger partial charge in [-0.15, -0.1) is 0 Å². The van der Waals surface area contributed by atoms with Crippen LogP contribution >= 0.6 is 0 Å². The fourth-order valence-corrected chi connectivity index (χ4v) is 1.19. The van der Waals surface area contributed by atoms with Crippen LogP contribution < -0.4 is 3.82 Å². The van der Waals surface area contributed by atoms with Gasteiger partial charge in [-0.3, -0.25) is 0 Å². The van der Waals surface area contributed by atoms with Crippen LogP contribution in [0.25, 0.3) is 0 Å². The molecule has 0 aliphatic rings. The first kappa shape index (κ1) is 8.33. The van der Waals surface area contributed by atoms with Crippen LogP contribution in [0.3, 0.4) is 0 Å². The molecule has 0 aliphatic carbocycles. The Morgan fingerprint density at radius 1 is 1.45 bits per heavy atom. The van der Waals surface area contributed by atoms with E-state index < -0.39 is 20.3 Å². The van der Waals surface area contributed by atoms with Crippen LogP contribution in [0, 0.1) is 5.82 Å². The molecule has 0 heterocycles. The van der Waals surface area contributed by atoms with Gasteiger partial charge in [-0.2, -0.15) is 0 Å². The third-order valence-corrected chi connectivity index (χ3v) is 1.67. The van der Waals surface area contributed by atoms with Crippen molar-refractivity contribution in [1.29, 1.82) is 0 Å². The first-order valence-electron chi connectivity index (χ1n) is 2.74. The first-order chi connectivity index (χ1) is 5.20. The van der Waals surface area contributed by atoms with Gasteiger partial charge in [0.15, 0.2) is 0 Å². The second-order valence-corrected chi connectivity index (χ2v) is 2.99. The molecule has 60 valence electrons. The Morgan fingerprint density at radius 3 is 2.64 bits per heavy atom. The normalized spacial score (nSPS) is 12.5. The van der Waals surface area contributed by atoms with Crippen LogP contribution in [0.5, 0.6) is 5.75 Å².